The van der Waals surface area contributed by atoms with Gasteiger partial charge in [0.1, 0.15) is 0 Å². The van der Waals surface area contributed by atoms with Crippen molar-refractivity contribution >= 4 is 42.1 Å². The van der Waals surface area contributed by atoms with Crippen LogP contribution in [0.4, 0.5) is 0 Å². The maximum absolute atomic E-state index is 11.1. The molecule has 0 saturated carbocycles. The zero-order valence-corrected chi connectivity index (χ0v) is 12.1. The molecule has 110 valence electrons. The molecule has 0 aliphatic carbocycles. The number of rotatable bonds is 6. The smallest absolute Gasteiger partial charge is 0.347 e. The number of hydrogen-bond donors (Lipinski definition) is 4. The van der Waals surface area contributed by atoms with E-state index in [1.165, 1.54) is 6.92 Å². The lowest BCUT2D eigenvalue weighted by atomic mass is 10.4. The van der Waals surface area contributed by atoms with E-state index in [1.54, 1.807) is 0 Å². The number of carboxylic acids is 1. The average Bonchev–Trinajstić information content (AvgIpc) is 2.39. The van der Waals surface area contributed by atoms with Gasteiger partial charge in [-0.15, -0.1) is 0 Å². The number of nitrogens with one attached hydrogen (secondary N) is 1. The largest absolute Gasteiger partial charge is 0.478 e. The van der Waals surface area contributed by atoms with Gasteiger partial charge in [0.15, 0.2) is 6.10 Å². The molecule has 0 aromatic carbocycles. The van der Waals surface area contributed by atoms with Crippen molar-refractivity contribution < 1.29 is 29.3 Å². The third-order valence-electron chi connectivity index (χ3n) is 1.43. The van der Waals surface area contributed by atoms with Crippen LogP contribution in [0.1, 0.15) is 13.3 Å². The van der Waals surface area contributed by atoms with Crippen LogP contribution in [0, 0.1) is 0 Å². The first-order chi connectivity index (χ1) is 8.88. The van der Waals surface area contributed by atoms with E-state index in [0.717, 1.165) is 6.08 Å². The summed E-state index contributed by atoms with van der Waals surface area (Å²) in [4.78, 5) is 20.4. The zero-order chi connectivity index (χ0) is 15.3. The lowest BCUT2D eigenvalue weighted by Crippen LogP contribution is -2.29. The van der Waals surface area contributed by atoms with Crippen molar-refractivity contribution in [1.82, 2.24) is 4.72 Å². The highest BCUT2D eigenvalue weighted by Gasteiger charge is 2.16. The number of carbonyl (C=O) groups excluding carboxylic acids is 1. The minimum absolute atomic E-state index is 0.0138. The first kappa shape index (κ1) is 20.0. The van der Waals surface area contributed by atoms with Gasteiger partial charge in [0.2, 0.25) is 0 Å². The van der Waals surface area contributed by atoms with Crippen LogP contribution in [0.3, 0.4) is 0 Å². The van der Waals surface area contributed by atoms with Gasteiger partial charge < -0.3 is 19.7 Å². The van der Waals surface area contributed by atoms with E-state index in [0.29, 0.717) is 6.42 Å². The first-order valence-electron chi connectivity index (χ1n) is 5.12. The van der Waals surface area contributed by atoms with Crippen molar-refractivity contribution in [2.75, 3.05) is 13.2 Å². The van der Waals surface area contributed by atoms with Crippen LogP contribution in [-0.2, 0) is 19.1 Å². The van der Waals surface area contributed by atoms with Gasteiger partial charge in [0.05, 0.1) is 6.61 Å². The normalized spacial score (nSPS) is 10.3. The van der Waals surface area contributed by atoms with E-state index in [9.17, 15) is 9.59 Å². The van der Waals surface area contributed by atoms with Gasteiger partial charge in [-0.2, -0.15) is 0 Å². The third kappa shape index (κ3) is 14.6. The molecule has 0 aliphatic heterocycles. The Labute approximate surface area is 122 Å². The maximum atomic E-state index is 11.1. The molecule has 1 unspecified atom stereocenters. The molecule has 0 heterocycles. The van der Waals surface area contributed by atoms with Gasteiger partial charge in [-0.1, -0.05) is 19.4 Å². The summed E-state index contributed by atoms with van der Waals surface area (Å²) in [5.74, 6) is -1.51. The minimum Gasteiger partial charge on any atom is -0.478 e. The Hall–Kier alpha value is -1.32. The molecule has 1 atom stereocenters. The standard InChI is InChI=1S/C7H13NO4S2.C3H4O2/c1-5(12-7(13)8-14)6(10)11-4-2-3-9;1-2-3(4)5/h5,9,14H,2-4H2,1H3,(H,8,13);2H,1H2,(H,4,5). The molecule has 0 fully saturated rings. The summed E-state index contributed by atoms with van der Waals surface area (Å²) < 4.78 is 11.9. The van der Waals surface area contributed by atoms with E-state index in [1.807, 2.05) is 0 Å². The van der Waals surface area contributed by atoms with Crippen molar-refractivity contribution in [2.45, 2.75) is 19.4 Å². The number of thiocarbonyl (C=S) groups is 1. The van der Waals surface area contributed by atoms with Crippen molar-refractivity contribution in [1.29, 1.82) is 0 Å². The second-order valence-electron chi connectivity index (χ2n) is 2.95. The van der Waals surface area contributed by atoms with Gasteiger partial charge in [0, 0.05) is 19.1 Å². The molecule has 0 saturated heterocycles. The Balaban J connectivity index is 0. The molecule has 0 aromatic rings. The second-order valence-corrected chi connectivity index (χ2v) is 3.54. The number of hydrogen-bond acceptors (Lipinski definition) is 7. The van der Waals surface area contributed by atoms with Gasteiger partial charge in [0.25, 0.3) is 5.17 Å². The first-order valence-corrected chi connectivity index (χ1v) is 5.98. The van der Waals surface area contributed by atoms with Crippen molar-refractivity contribution in [2.24, 2.45) is 0 Å². The topological polar surface area (TPSA) is 105 Å². The molecule has 0 radical (unpaired) electrons. The summed E-state index contributed by atoms with van der Waals surface area (Å²) in [6.45, 7) is 4.63. The summed E-state index contributed by atoms with van der Waals surface area (Å²) in [5.41, 5.74) is 0. The number of aliphatic hydroxyl groups is 1. The second kappa shape index (κ2) is 13.1. The van der Waals surface area contributed by atoms with Crippen molar-refractivity contribution in [3.63, 3.8) is 0 Å². The van der Waals surface area contributed by atoms with Crippen molar-refractivity contribution in [3.05, 3.63) is 12.7 Å². The predicted molar refractivity (Wildman–Crippen MR) is 75.8 cm³/mol. The molecule has 0 aromatic heterocycles. The number of aliphatic hydroxyl groups excluding tert-OH is 1. The zero-order valence-electron chi connectivity index (χ0n) is 10.4. The lowest BCUT2D eigenvalue weighted by Gasteiger charge is -2.13. The van der Waals surface area contributed by atoms with E-state index >= 15 is 0 Å². The Morgan fingerprint density at radius 2 is 2.11 bits per heavy atom. The SMILES string of the molecule is C=CC(=O)O.CC(OC(=S)NS)C(=O)OCCCO. The fraction of sp³-hybridized carbons (Fsp3) is 0.500. The van der Waals surface area contributed by atoms with Gasteiger partial charge in [-0.05, 0) is 19.1 Å². The van der Waals surface area contributed by atoms with Gasteiger partial charge in [-0.25, -0.2) is 9.59 Å². The Morgan fingerprint density at radius 1 is 1.58 bits per heavy atom. The summed E-state index contributed by atoms with van der Waals surface area (Å²) in [6, 6.07) is 0. The number of carboxylic acid groups (broad SMARTS) is 1. The van der Waals surface area contributed by atoms with Gasteiger partial charge >= 0.3 is 11.9 Å². The number of ether oxygens (including phenoxy) is 2. The fourth-order valence-corrected chi connectivity index (χ4v) is 0.787. The highest BCUT2D eigenvalue weighted by Crippen LogP contribution is 1.96. The number of carbonyl (C=O) groups is 2. The fourth-order valence-electron chi connectivity index (χ4n) is 0.590. The Bertz CT molecular complexity index is 310. The molecule has 0 aliphatic rings. The monoisotopic (exact) mass is 311 g/mol. The van der Waals surface area contributed by atoms with Crippen LogP contribution >= 0.6 is 25.0 Å². The molecule has 3 N–H and O–H groups in total. The van der Waals surface area contributed by atoms with Crippen LogP contribution in [0.2, 0.25) is 0 Å². The highest BCUT2D eigenvalue weighted by atomic mass is 32.1. The number of thiol groups is 1. The molecule has 0 rings (SSSR count). The van der Waals surface area contributed by atoms with Crippen LogP contribution < -0.4 is 4.72 Å². The van der Waals surface area contributed by atoms with E-state index in [2.05, 4.69) is 36.3 Å². The molecule has 9 heteroatoms. The number of esters is 1. The molecule has 19 heavy (non-hydrogen) atoms. The van der Waals surface area contributed by atoms with E-state index in [4.69, 9.17) is 19.7 Å². The van der Waals surface area contributed by atoms with Crippen LogP contribution in [0.15, 0.2) is 12.7 Å². The summed E-state index contributed by atoms with van der Waals surface area (Å²) in [7, 11) is 0. The Kier molecular flexibility index (Phi) is 13.8. The van der Waals surface area contributed by atoms with Crippen LogP contribution in [0.25, 0.3) is 0 Å². The van der Waals surface area contributed by atoms with Crippen LogP contribution in [-0.4, -0.2) is 46.6 Å². The van der Waals surface area contributed by atoms with E-state index in [-0.39, 0.29) is 18.4 Å². The third-order valence-corrected chi connectivity index (χ3v) is 1.98. The summed E-state index contributed by atoms with van der Waals surface area (Å²) >= 11 is 8.27. The molecular weight excluding hydrogens is 294 g/mol. The maximum Gasteiger partial charge on any atom is 0.347 e. The highest BCUT2D eigenvalue weighted by molar-refractivity contribution is 7.84. The number of aliphatic carboxylic acids is 1. The minimum atomic E-state index is -0.981. The van der Waals surface area contributed by atoms with E-state index < -0.39 is 18.0 Å². The molecule has 0 amide bonds. The Morgan fingerprint density at radius 3 is 2.47 bits per heavy atom. The summed E-state index contributed by atoms with van der Waals surface area (Å²) in [5, 5.41) is 16.1. The molecular formula is C10H17NO6S2. The predicted octanol–water partition coefficient (Wildman–Crippen LogP) is 0.293. The lowest BCUT2D eigenvalue weighted by molar-refractivity contribution is -0.151. The molecule has 0 spiro atoms. The molecule has 0 bridgehead atoms. The van der Waals surface area contributed by atoms with Crippen LogP contribution in [0.5, 0.6) is 0 Å². The van der Waals surface area contributed by atoms with Crippen molar-refractivity contribution in [3.8, 4) is 0 Å². The summed E-state index contributed by atoms with van der Waals surface area (Å²) in [6.07, 6.45) is 0.467. The van der Waals surface area contributed by atoms with Gasteiger partial charge in [-0.3, -0.25) is 4.72 Å². The quantitative estimate of drug-likeness (QED) is 0.182. The molecule has 7 nitrogen and oxygen atoms in total. The average molecular weight is 311 g/mol.